The zero-order chi connectivity index (χ0) is 5.98. The second kappa shape index (κ2) is 2.82. The van der Waals surface area contributed by atoms with Crippen molar-refractivity contribution < 1.29 is 0 Å². The molecule has 0 aromatic carbocycles. The highest BCUT2D eigenvalue weighted by Gasteiger charge is 2.05. The molecule has 0 aromatic heterocycles. The van der Waals surface area contributed by atoms with Crippen LogP contribution in [-0.2, 0) is 0 Å². The summed E-state index contributed by atoms with van der Waals surface area (Å²) in [6.45, 7) is 3.27. The van der Waals surface area contributed by atoms with E-state index in [-0.39, 0.29) is 0 Å². The molecule has 0 aromatic rings. The number of rotatable bonds is 0. The minimum Gasteiger partial charge on any atom is -0.310 e. The Morgan fingerprint density at radius 1 is 1.88 bits per heavy atom. The quantitative estimate of drug-likeness (QED) is 0.616. The van der Waals surface area contributed by atoms with Crippen LogP contribution < -0.4 is 5.32 Å². The molecule has 1 atom stereocenters. The van der Waals surface area contributed by atoms with Gasteiger partial charge in [-0.15, -0.1) is 0 Å². The highest BCUT2D eigenvalue weighted by molar-refractivity contribution is 14.1. The summed E-state index contributed by atoms with van der Waals surface area (Å²) >= 11 is 2.39. The molecular formula is C6H10IN. The van der Waals surface area contributed by atoms with Gasteiger partial charge < -0.3 is 5.32 Å². The Morgan fingerprint density at radius 3 is 3.00 bits per heavy atom. The van der Waals surface area contributed by atoms with E-state index >= 15 is 0 Å². The first-order valence-electron chi connectivity index (χ1n) is 2.87. The van der Waals surface area contributed by atoms with Crippen LogP contribution in [-0.4, -0.2) is 12.6 Å². The van der Waals surface area contributed by atoms with Crippen LogP contribution >= 0.6 is 22.6 Å². The number of hydrogen-bond donors (Lipinski definition) is 1. The maximum atomic E-state index is 3.33. The molecule has 1 nitrogen and oxygen atoms in total. The van der Waals surface area contributed by atoms with E-state index in [4.69, 9.17) is 0 Å². The van der Waals surface area contributed by atoms with Gasteiger partial charge in [-0.2, -0.15) is 0 Å². The van der Waals surface area contributed by atoms with Gasteiger partial charge in [-0.3, -0.25) is 0 Å². The Kier molecular flexibility index (Phi) is 2.31. The van der Waals surface area contributed by atoms with Gasteiger partial charge in [-0.25, -0.2) is 0 Å². The van der Waals surface area contributed by atoms with Crippen LogP contribution in [0, 0.1) is 0 Å². The van der Waals surface area contributed by atoms with Crippen LogP contribution in [0.25, 0.3) is 0 Å². The second-order valence-corrected chi connectivity index (χ2v) is 3.55. The summed E-state index contributed by atoms with van der Waals surface area (Å²) in [6.07, 6.45) is 3.45. The van der Waals surface area contributed by atoms with Crippen molar-refractivity contribution in [3.8, 4) is 0 Å². The third-order valence-electron chi connectivity index (χ3n) is 1.29. The highest BCUT2D eigenvalue weighted by Crippen LogP contribution is 2.15. The molecule has 0 bridgehead atoms. The average molecular weight is 223 g/mol. The molecule has 1 N–H and O–H groups in total. The van der Waals surface area contributed by atoms with Crippen molar-refractivity contribution >= 4 is 22.6 Å². The first-order valence-corrected chi connectivity index (χ1v) is 3.95. The molecule has 1 heterocycles. The maximum Gasteiger partial charge on any atom is 0.0147 e. The van der Waals surface area contributed by atoms with Crippen molar-refractivity contribution in [3.63, 3.8) is 0 Å². The third kappa shape index (κ3) is 1.74. The lowest BCUT2D eigenvalue weighted by Crippen LogP contribution is -2.29. The minimum atomic E-state index is 0.687. The van der Waals surface area contributed by atoms with Gasteiger partial charge in [-0.1, -0.05) is 6.08 Å². The van der Waals surface area contributed by atoms with Crippen molar-refractivity contribution in [2.45, 2.75) is 19.4 Å². The zero-order valence-electron chi connectivity index (χ0n) is 4.95. The largest absolute Gasteiger partial charge is 0.310 e. The van der Waals surface area contributed by atoms with Crippen LogP contribution in [0.15, 0.2) is 9.66 Å². The van der Waals surface area contributed by atoms with E-state index < -0.39 is 0 Å². The summed E-state index contributed by atoms with van der Waals surface area (Å²) in [6, 6.07) is 0.687. The first-order chi connectivity index (χ1) is 3.79. The number of nitrogens with one attached hydrogen (secondary N) is 1. The molecule has 0 amide bonds. The summed E-state index contributed by atoms with van der Waals surface area (Å²) in [5.41, 5.74) is 0. The average Bonchev–Trinajstić information content (AvgIpc) is 1.64. The van der Waals surface area contributed by atoms with Gasteiger partial charge in [0, 0.05) is 12.6 Å². The summed E-state index contributed by atoms with van der Waals surface area (Å²) in [7, 11) is 0. The van der Waals surface area contributed by atoms with E-state index in [2.05, 4.69) is 40.9 Å². The van der Waals surface area contributed by atoms with Crippen molar-refractivity contribution in [1.29, 1.82) is 0 Å². The third-order valence-corrected chi connectivity index (χ3v) is 2.17. The number of hydrogen-bond acceptors (Lipinski definition) is 1. The molecule has 0 saturated heterocycles. The van der Waals surface area contributed by atoms with E-state index in [1.54, 1.807) is 0 Å². The molecule has 1 aliphatic heterocycles. The molecular weight excluding hydrogens is 213 g/mol. The lowest BCUT2D eigenvalue weighted by Gasteiger charge is -2.16. The molecule has 0 saturated carbocycles. The van der Waals surface area contributed by atoms with Crippen LogP contribution in [0.4, 0.5) is 0 Å². The van der Waals surface area contributed by atoms with Crippen molar-refractivity contribution in [1.82, 2.24) is 5.32 Å². The summed E-state index contributed by atoms with van der Waals surface area (Å²) in [4.78, 5) is 0. The van der Waals surface area contributed by atoms with E-state index in [9.17, 15) is 0 Å². The van der Waals surface area contributed by atoms with E-state index in [0.717, 1.165) is 6.54 Å². The minimum absolute atomic E-state index is 0.687. The normalized spacial score (nSPS) is 29.8. The second-order valence-electron chi connectivity index (χ2n) is 2.16. The lowest BCUT2D eigenvalue weighted by atomic mass is 10.2. The predicted molar refractivity (Wildman–Crippen MR) is 44.2 cm³/mol. The Balaban J connectivity index is 2.45. The fraction of sp³-hybridized carbons (Fsp3) is 0.667. The van der Waals surface area contributed by atoms with Gasteiger partial charge in [0.25, 0.3) is 0 Å². The van der Waals surface area contributed by atoms with E-state index in [1.807, 2.05) is 0 Å². The summed E-state index contributed by atoms with van der Waals surface area (Å²) < 4.78 is 1.49. The van der Waals surface area contributed by atoms with Gasteiger partial charge >= 0.3 is 0 Å². The topological polar surface area (TPSA) is 12.0 Å². The lowest BCUT2D eigenvalue weighted by molar-refractivity contribution is 0.568. The SMILES string of the molecule is CC1CC(I)=CCN1. The molecule has 0 fully saturated rings. The van der Waals surface area contributed by atoms with E-state index in [0.29, 0.717) is 6.04 Å². The molecule has 0 radical (unpaired) electrons. The Hall–Kier alpha value is 0.430. The molecule has 8 heavy (non-hydrogen) atoms. The summed E-state index contributed by atoms with van der Waals surface area (Å²) in [5.74, 6) is 0. The summed E-state index contributed by atoms with van der Waals surface area (Å²) in [5, 5.41) is 3.33. The van der Waals surface area contributed by atoms with Gasteiger partial charge in [0.1, 0.15) is 0 Å². The van der Waals surface area contributed by atoms with Crippen LogP contribution in [0.1, 0.15) is 13.3 Å². The Bertz CT molecular complexity index is 109. The van der Waals surface area contributed by atoms with Crippen molar-refractivity contribution in [3.05, 3.63) is 9.66 Å². The van der Waals surface area contributed by atoms with Crippen LogP contribution in [0.2, 0.25) is 0 Å². The monoisotopic (exact) mass is 223 g/mol. The van der Waals surface area contributed by atoms with Crippen molar-refractivity contribution in [2.24, 2.45) is 0 Å². The highest BCUT2D eigenvalue weighted by atomic mass is 127. The van der Waals surface area contributed by atoms with Gasteiger partial charge in [-0.05, 0) is 39.5 Å². The molecule has 46 valence electrons. The van der Waals surface area contributed by atoms with Gasteiger partial charge in [0.2, 0.25) is 0 Å². The Labute approximate surface area is 63.7 Å². The van der Waals surface area contributed by atoms with Crippen LogP contribution in [0.3, 0.4) is 0 Å². The maximum absolute atomic E-state index is 3.33. The molecule has 1 aliphatic rings. The molecule has 1 rings (SSSR count). The zero-order valence-corrected chi connectivity index (χ0v) is 7.10. The van der Waals surface area contributed by atoms with Gasteiger partial charge in [0.05, 0.1) is 0 Å². The number of halogens is 1. The fourth-order valence-electron chi connectivity index (χ4n) is 0.819. The standard InChI is InChI=1S/C6H10IN/c1-5-4-6(7)2-3-8-5/h2,5,8H,3-4H2,1H3. The van der Waals surface area contributed by atoms with Crippen molar-refractivity contribution in [2.75, 3.05) is 6.54 Å². The van der Waals surface area contributed by atoms with Crippen LogP contribution in [0.5, 0.6) is 0 Å². The van der Waals surface area contributed by atoms with Gasteiger partial charge in [0.15, 0.2) is 0 Å². The molecule has 2 heteroatoms. The molecule has 0 aliphatic carbocycles. The Morgan fingerprint density at radius 2 is 2.62 bits per heavy atom. The molecule has 1 unspecified atom stereocenters. The first kappa shape index (κ1) is 6.55. The molecule has 0 spiro atoms. The van der Waals surface area contributed by atoms with E-state index in [1.165, 1.54) is 10.0 Å². The fourth-order valence-corrected chi connectivity index (χ4v) is 1.70. The smallest absolute Gasteiger partial charge is 0.0147 e. The predicted octanol–water partition coefficient (Wildman–Crippen LogP) is 1.69.